The van der Waals surface area contributed by atoms with Gasteiger partial charge in [0.1, 0.15) is 17.1 Å². The average molecular weight is 513 g/mol. The standard InChI is InChI=1S/C30H28N2O6/c1-4-37-30(34)25-23(18-10-14-21(35-2)15-11-18)24-26(19-12-16-22(36-3)17-13-19)32(20-8-6-5-7-9-20)29(33)27(24)38-28(25)31/h5-17,23,26H,4,31H2,1-3H3. The summed E-state index contributed by atoms with van der Waals surface area (Å²) in [6.45, 7) is 1.88. The van der Waals surface area contributed by atoms with Gasteiger partial charge in [-0.15, -0.1) is 0 Å². The minimum atomic E-state index is -0.700. The maximum absolute atomic E-state index is 14.0. The second kappa shape index (κ2) is 10.3. The van der Waals surface area contributed by atoms with Gasteiger partial charge in [-0.05, 0) is 54.4 Å². The monoisotopic (exact) mass is 512 g/mol. The fourth-order valence-electron chi connectivity index (χ4n) is 5.01. The molecule has 2 heterocycles. The van der Waals surface area contributed by atoms with E-state index in [-0.39, 0.29) is 29.7 Å². The van der Waals surface area contributed by atoms with Crippen LogP contribution in [0.2, 0.25) is 0 Å². The lowest BCUT2D eigenvalue weighted by atomic mass is 9.78. The predicted octanol–water partition coefficient (Wildman–Crippen LogP) is 4.59. The van der Waals surface area contributed by atoms with Crippen molar-refractivity contribution in [3.63, 3.8) is 0 Å². The lowest BCUT2D eigenvalue weighted by Gasteiger charge is -2.32. The quantitative estimate of drug-likeness (QED) is 0.462. The van der Waals surface area contributed by atoms with Crippen LogP contribution < -0.4 is 20.1 Å². The van der Waals surface area contributed by atoms with Gasteiger partial charge in [0.25, 0.3) is 5.91 Å². The Hall–Kier alpha value is -4.72. The number of esters is 1. The van der Waals surface area contributed by atoms with Crippen LogP contribution >= 0.6 is 0 Å². The molecule has 38 heavy (non-hydrogen) atoms. The molecular formula is C30H28N2O6. The van der Waals surface area contributed by atoms with Gasteiger partial charge in [0.2, 0.25) is 5.88 Å². The SMILES string of the molecule is CCOC(=O)C1=C(N)OC2=C(C1c1ccc(OC)cc1)C(c1ccc(OC)cc1)N(c1ccccc1)C2=O. The molecule has 0 spiro atoms. The van der Waals surface area contributed by atoms with E-state index in [1.54, 1.807) is 38.2 Å². The number of amides is 1. The summed E-state index contributed by atoms with van der Waals surface area (Å²) in [7, 11) is 3.18. The van der Waals surface area contributed by atoms with Crippen molar-refractivity contribution in [1.29, 1.82) is 0 Å². The average Bonchev–Trinajstić information content (AvgIpc) is 3.24. The van der Waals surface area contributed by atoms with E-state index in [1.165, 1.54) is 0 Å². The molecule has 0 fully saturated rings. The number of methoxy groups -OCH3 is 2. The summed E-state index contributed by atoms with van der Waals surface area (Å²) in [5.41, 5.74) is 9.33. The number of carbonyl (C=O) groups is 2. The van der Waals surface area contributed by atoms with Crippen molar-refractivity contribution in [1.82, 2.24) is 0 Å². The van der Waals surface area contributed by atoms with Crippen molar-refractivity contribution in [3.05, 3.63) is 113 Å². The fourth-order valence-corrected chi connectivity index (χ4v) is 5.01. The minimum Gasteiger partial charge on any atom is -0.497 e. The number of rotatable bonds is 7. The first-order chi connectivity index (χ1) is 18.5. The molecule has 2 atom stereocenters. The summed E-state index contributed by atoms with van der Waals surface area (Å²) in [5, 5.41) is 0. The van der Waals surface area contributed by atoms with Crippen LogP contribution in [0.4, 0.5) is 5.69 Å². The van der Waals surface area contributed by atoms with Gasteiger partial charge in [-0.25, -0.2) is 4.79 Å². The molecule has 8 nitrogen and oxygen atoms in total. The predicted molar refractivity (Wildman–Crippen MR) is 141 cm³/mol. The van der Waals surface area contributed by atoms with Gasteiger partial charge >= 0.3 is 5.97 Å². The zero-order valence-corrected chi connectivity index (χ0v) is 21.3. The fraction of sp³-hybridized carbons (Fsp3) is 0.200. The van der Waals surface area contributed by atoms with Crippen LogP contribution in [0.5, 0.6) is 11.5 Å². The molecule has 5 rings (SSSR count). The third kappa shape index (κ3) is 4.24. The van der Waals surface area contributed by atoms with E-state index in [9.17, 15) is 9.59 Å². The first-order valence-electron chi connectivity index (χ1n) is 12.2. The molecule has 0 saturated carbocycles. The molecule has 0 aliphatic carbocycles. The number of carbonyl (C=O) groups excluding carboxylic acids is 2. The topological polar surface area (TPSA) is 100 Å². The Morgan fingerprint density at radius 3 is 2.03 bits per heavy atom. The third-order valence-corrected chi connectivity index (χ3v) is 6.72. The molecule has 2 aliphatic rings. The highest BCUT2D eigenvalue weighted by Crippen LogP contribution is 2.53. The number of anilines is 1. The zero-order valence-electron chi connectivity index (χ0n) is 21.3. The number of hydrogen-bond donors (Lipinski definition) is 1. The van der Waals surface area contributed by atoms with Crippen molar-refractivity contribution in [2.24, 2.45) is 5.73 Å². The molecule has 1 amide bonds. The van der Waals surface area contributed by atoms with Gasteiger partial charge in [-0.3, -0.25) is 9.69 Å². The van der Waals surface area contributed by atoms with E-state index in [2.05, 4.69) is 0 Å². The number of hydrogen-bond acceptors (Lipinski definition) is 7. The Balaban J connectivity index is 1.74. The van der Waals surface area contributed by atoms with E-state index >= 15 is 0 Å². The van der Waals surface area contributed by atoms with Gasteiger partial charge in [0.05, 0.1) is 26.9 Å². The minimum absolute atomic E-state index is 0.0982. The van der Waals surface area contributed by atoms with E-state index < -0.39 is 17.9 Å². The molecule has 194 valence electrons. The van der Waals surface area contributed by atoms with Gasteiger partial charge < -0.3 is 24.7 Å². The highest BCUT2D eigenvalue weighted by Gasteiger charge is 2.51. The molecule has 3 aromatic carbocycles. The first-order valence-corrected chi connectivity index (χ1v) is 12.2. The Kier molecular flexibility index (Phi) is 6.79. The van der Waals surface area contributed by atoms with Crippen LogP contribution in [0.25, 0.3) is 0 Å². The van der Waals surface area contributed by atoms with Crippen molar-refractivity contribution >= 4 is 17.6 Å². The molecule has 2 N–H and O–H groups in total. The molecule has 2 unspecified atom stereocenters. The van der Waals surface area contributed by atoms with Crippen molar-refractivity contribution in [2.75, 3.05) is 25.7 Å². The molecule has 8 heteroatoms. The Morgan fingerprint density at radius 2 is 1.47 bits per heavy atom. The number of nitrogens with two attached hydrogens (primary N) is 1. The summed E-state index contributed by atoms with van der Waals surface area (Å²) in [6, 6.07) is 23.5. The second-order valence-electron chi connectivity index (χ2n) is 8.78. The van der Waals surface area contributed by atoms with E-state index in [0.717, 1.165) is 11.1 Å². The molecule has 0 bridgehead atoms. The van der Waals surface area contributed by atoms with Crippen LogP contribution in [-0.2, 0) is 19.1 Å². The summed E-state index contributed by atoms with van der Waals surface area (Å²) in [6.07, 6.45) is 0. The van der Waals surface area contributed by atoms with Gasteiger partial charge in [-0.1, -0.05) is 42.5 Å². The second-order valence-corrected chi connectivity index (χ2v) is 8.78. The number of para-hydroxylation sites is 1. The number of nitrogens with zero attached hydrogens (tertiary/aromatic N) is 1. The highest BCUT2D eigenvalue weighted by atomic mass is 16.5. The molecule has 0 saturated heterocycles. The van der Waals surface area contributed by atoms with Crippen molar-refractivity contribution in [3.8, 4) is 11.5 Å². The number of benzene rings is 3. The summed E-state index contributed by atoms with van der Waals surface area (Å²) in [4.78, 5) is 28.9. The van der Waals surface area contributed by atoms with E-state index in [4.69, 9.17) is 24.7 Å². The van der Waals surface area contributed by atoms with E-state index in [1.807, 2.05) is 66.7 Å². The normalized spacial score (nSPS) is 18.7. The lowest BCUT2D eigenvalue weighted by molar-refractivity contribution is -0.139. The van der Waals surface area contributed by atoms with Crippen LogP contribution in [0.3, 0.4) is 0 Å². The maximum Gasteiger partial charge on any atom is 0.340 e. The van der Waals surface area contributed by atoms with Crippen molar-refractivity contribution in [2.45, 2.75) is 18.9 Å². The molecular weight excluding hydrogens is 484 g/mol. The molecule has 0 aromatic heterocycles. The Bertz CT molecular complexity index is 1410. The first kappa shape index (κ1) is 25.0. The Labute approximate surface area is 220 Å². The number of ether oxygens (including phenoxy) is 4. The maximum atomic E-state index is 14.0. The molecule has 3 aromatic rings. The summed E-state index contributed by atoms with van der Waals surface area (Å²) >= 11 is 0. The van der Waals surface area contributed by atoms with Crippen LogP contribution in [0.15, 0.2) is 102 Å². The Morgan fingerprint density at radius 1 is 0.895 bits per heavy atom. The van der Waals surface area contributed by atoms with Crippen molar-refractivity contribution < 1.29 is 28.5 Å². The zero-order chi connectivity index (χ0) is 26.8. The third-order valence-electron chi connectivity index (χ3n) is 6.72. The van der Waals surface area contributed by atoms with Crippen LogP contribution in [0, 0.1) is 0 Å². The largest absolute Gasteiger partial charge is 0.497 e. The van der Waals surface area contributed by atoms with Gasteiger partial charge in [0.15, 0.2) is 5.76 Å². The van der Waals surface area contributed by atoms with Crippen LogP contribution in [0.1, 0.15) is 30.0 Å². The highest BCUT2D eigenvalue weighted by molar-refractivity contribution is 6.10. The lowest BCUT2D eigenvalue weighted by Crippen LogP contribution is -2.31. The molecule has 0 radical (unpaired) electrons. The van der Waals surface area contributed by atoms with Crippen LogP contribution in [-0.4, -0.2) is 32.7 Å². The van der Waals surface area contributed by atoms with Gasteiger partial charge in [0, 0.05) is 17.2 Å². The van der Waals surface area contributed by atoms with E-state index in [0.29, 0.717) is 22.8 Å². The smallest absolute Gasteiger partial charge is 0.340 e. The summed E-state index contributed by atoms with van der Waals surface area (Å²) < 4.78 is 22.0. The molecule has 2 aliphatic heterocycles. The van der Waals surface area contributed by atoms with Gasteiger partial charge in [-0.2, -0.15) is 0 Å². The summed E-state index contributed by atoms with van der Waals surface area (Å²) in [5.74, 6) is -0.367.